The Kier molecular flexibility index (Phi) is 6.11. The van der Waals surface area contributed by atoms with Crippen LogP contribution in [0.1, 0.15) is 64.0 Å². The molecular formula is C24H33N3O3. The first-order chi connectivity index (χ1) is 14.4. The van der Waals surface area contributed by atoms with Gasteiger partial charge >= 0.3 is 0 Å². The number of rotatable bonds is 6. The second kappa shape index (κ2) is 8.78. The third kappa shape index (κ3) is 4.52. The summed E-state index contributed by atoms with van der Waals surface area (Å²) in [6, 6.07) is 9.57. The minimum atomic E-state index is -0.654. The highest BCUT2D eigenvalue weighted by Crippen LogP contribution is 2.39. The highest BCUT2D eigenvalue weighted by Gasteiger charge is 2.46. The SMILES string of the molecule is CC(C)CC(=O)NC(C(=O)N1CCC2C(CCC(=O)N2C2CC2)C1)c1ccccc1. The molecule has 0 aromatic heterocycles. The van der Waals surface area contributed by atoms with E-state index in [0.29, 0.717) is 43.8 Å². The van der Waals surface area contributed by atoms with Gasteiger partial charge in [-0.3, -0.25) is 14.4 Å². The molecule has 2 heterocycles. The number of piperidine rings is 2. The van der Waals surface area contributed by atoms with Crippen LogP contribution in [0.2, 0.25) is 0 Å². The lowest BCUT2D eigenvalue weighted by Crippen LogP contribution is -2.58. The maximum atomic E-state index is 13.5. The fourth-order valence-corrected chi connectivity index (χ4v) is 5.03. The molecule has 1 aromatic rings. The number of likely N-dealkylation sites (tertiary alicyclic amines) is 2. The molecule has 0 radical (unpaired) electrons. The lowest BCUT2D eigenvalue weighted by atomic mass is 9.83. The largest absolute Gasteiger partial charge is 0.341 e. The van der Waals surface area contributed by atoms with Gasteiger partial charge in [0.1, 0.15) is 6.04 Å². The summed E-state index contributed by atoms with van der Waals surface area (Å²) in [6.45, 7) is 5.31. The fourth-order valence-electron chi connectivity index (χ4n) is 5.03. The summed E-state index contributed by atoms with van der Waals surface area (Å²) in [6.07, 6.45) is 4.92. The number of hydrogen-bond donors (Lipinski definition) is 1. The molecule has 3 amide bonds. The van der Waals surface area contributed by atoms with E-state index in [1.54, 1.807) is 0 Å². The van der Waals surface area contributed by atoms with Gasteiger partial charge in [-0.2, -0.15) is 0 Å². The third-order valence-corrected chi connectivity index (χ3v) is 6.60. The van der Waals surface area contributed by atoms with Crippen LogP contribution in [0.3, 0.4) is 0 Å². The normalized spacial score (nSPS) is 25.1. The van der Waals surface area contributed by atoms with E-state index in [-0.39, 0.29) is 23.8 Å². The molecule has 3 unspecified atom stereocenters. The molecule has 3 atom stereocenters. The van der Waals surface area contributed by atoms with Gasteiger partial charge in [0.05, 0.1) is 0 Å². The molecule has 6 heteroatoms. The van der Waals surface area contributed by atoms with E-state index in [1.165, 1.54) is 0 Å². The van der Waals surface area contributed by atoms with Crippen molar-refractivity contribution in [2.24, 2.45) is 11.8 Å². The molecule has 4 rings (SSSR count). The lowest BCUT2D eigenvalue weighted by molar-refractivity contribution is -0.146. The Morgan fingerprint density at radius 3 is 2.50 bits per heavy atom. The van der Waals surface area contributed by atoms with Crippen molar-refractivity contribution in [2.45, 2.75) is 70.5 Å². The molecule has 0 bridgehead atoms. The standard InChI is InChI=1S/C24H33N3O3/c1-16(2)14-21(28)25-23(17-6-4-3-5-7-17)24(30)26-13-12-20-18(15-26)8-11-22(29)27(20)19-9-10-19/h3-7,16,18-20,23H,8-15H2,1-2H3,(H,25,28). The van der Waals surface area contributed by atoms with Crippen molar-refractivity contribution in [3.05, 3.63) is 35.9 Å². The molecule has 1 aliphatic carbocycles. The molecule has 1 aromatic carbocycles. The number of hydrogen-bond acceptors (Lipinski definition) is 3. The summed E-state index contributed by atoms with van der Waals surface area (Å²) in [5.41, 5.74) is 0.820. The van der Waals surface area contributed by atoms with Crippen molar-refractivity contribution in [3.8, 4) is 0 Å². The number of carbonyl (C=O) groups excluding carboxylic acids is 3. The Labute approximate surface area is 179 Å². The highest BCUT2D eigenvalue weighted by molar-refractivity contribution is 5.89. The molecular weight excluding hydrogens is 378 g/mol. The van der Waals surface area contributed by atoms with Crippen LogP contribution in [0.4, 0.5) is 0 Å². The molecule has 0 spiro atoms. The number of amides is 3. The van der Waals surface area contributed by atoms with Gasteiger partial charge in [0.2, 0.25) is 17.7 Å². The van der Waals surface area contributed by atoms with Gasteiger partial charge in [-0.15, -0.1) is 0 Å². The summed E-state index contributed by atoms with van der Waals surface area (Å²) in [7, 11) is 0. The van der Waals surface area contributed by atoms with Crippen molar-refractivity contribution in [1.82, 2.24) is 15.1 Å². The Morgan fingerprint density at radius 2 is 1.83 bits per heavy atom. The van der Waals surface area contributed by atoms with Gasteiger partial charge in [-0.25, -0.2) is 0 Å². The Morgan fingerprint density at radius 1 is 1.10 bits per heavy atom. The van der Waals surface area contributed by atoms with E-state index in [2.05, 4.69) is 10.2 Å². The number of fused-ring (bicyclic) bond motifs is 1. The number of nitrogens with zero attached hydrogens (tertiary/aromatic N) is 2. The molecule has 2 aliphatic heterocycles. The second-order valence-electron chi connectivity index (χ2n) is 9.48. The third-order valence-electron chi connectivity index (χ3n) is 6.60. The smallest absolute Gasteiger partial charge is 0.249 e. The van der Waals surface area contributed by atoms with Crippen molar-refractivity contribution in [1.29, 1.82) is 0 Å². The predicted octanol–water partition coefficient (Wildman–Crippen LogP) is 2.89. The first kappa shape index (κ1) is 20.9. The van der Waals surface area contributed by atoms with E-state index in [9.17, 15) is 14.4 Å². The zero-order valence-electron chi connectivity index (χ0n) is 18.0. The first-order valence-electron chi connectivity index (χ1n) is 11.4. The molecule has 2 saturated heterocycles. The number of carbonyl (C=O) groups is 3. The lowest BCUT2D eigenvalue weighted by Gasteiger charge is -2.47. The Bertz CT molecular complexity index is 790. The van der Waals surface area contributed by atoms with Crippen LogP contribution >= 0.6 is 0 Å². The topological polar surface area (TPSA) is 69.7 Å². The van der Waals surface area contributed by atoms with Crippen LogP contribution in [0.25, 0.3) is 0 Å². The average molecular weight is 412 g/mol. The second-order valence-corrected chi connectivity index (χ2v) is 9.48. The van der Waals surface area contributed by atoms with Crippen molar-refractivity contribution in [2.75, 3.05) is 13.1 Å². The predicted molar refractivity (Wildman–Crippen MR) is 114 cm³/mol. The van der Waals surface area contributed by atoms with E-state index in [1.807, 2.05) is 49.1 Å². The molecule has 1 saturated carbocycles. The maximum absolute atomic E-state index is 13.5. The quantitative estimate of drug-likeness (QED) is 0.783. The van der Waals surface area contributed by atoms with Crippen molar-refractivity contribution >= 4 is 17.7 Å². The molecule has 3 fully saturated rings. The molecule has 30 heavy (non-hydrogen) atoms. The molecule has 6 nitrogen and oxygen atoms in total. The molecule has 162 valence electrons. The van der Waals surface area contributed by atoms with Crippen LogP contribution in [0.15, 0.2) is 30.3 Å². The summed E-state index contributed by atoms with van der Waals surface area (Å²) >= 11 is 0. The summed E-state index contributed by atoms with van der Waals surface area (Å²) in [5.74, 6) is 0.739. The van der Waals surface area contributed by atoms with E-state index >= 15 is 0 Å². The van der Waals surface area contributed by atoms with Crippen LogP contribution < -0.4 is 5.32 Å². The van der Waals surface area contributed by atoms with E-state index < -0.39 is 6.04 Å². The summed E-state index contributed by atoms with van der Waals surface area (Å²) < 4.78 is 0. The van der Waals surface area contributed by atoms with Gasteiger partial charge in [-0.05, 0) is 43.1 Å². The minimum Gasteiger partial charge on any atom is -0.341 e. The Hall–Kier alpha value is -2.37. The van der Waals surface area contributed by atoms with E-state index in [0.717, 1.165) is 31.2 Å². The van der Waals surface area contributed by atoms with Gasteiger partial charge in [0.25, 0.3) is 0 Å². The zero-order chi connectivity index (χ0) is 21.3. The minimum absolute atomic E-state index is 0.0355. The van der Waals surface area contributed by atoms with Crippen molar-refractivity contribution in [3.63, 3.8) is 0 Å². The first-order valence-corrected chi connectivity index (χ1v) is 11.4. The van der Waals surface area contributed by atoms with Crippen LogP contribution in [0.5, 0.6) is 0 Å². The number of nitrogens with one attached hydrogen (secondary N) is 1. The number of benzene rings is 1. The van der Waals surface area contributed by atoms with E-state index in [4.69, 9.17) is 0 Å². The molecule has 1 N–H and O–H groups in total. The van der Waals surface area contributed by atoms with Crippen LogP contribution in [-0.2, 0) is 14.4 Å². The summed E-state index contributed by atoms with van der Waals surface area (Å²) in [4.78, 5) is 42.5. The van der Waals surface area contributed by atoms with Crippen LogP contribution in [0, 0.1) is 11.8 Å². The average Bonchev–Trinajstić information content (AvgIpc) is 3.56. The maximum Gasteiger partial charge on any atom is 0.249 e. The fraction of sp³-hybridized carbons (Fsp3) is 0.625. The zero-order valence-corrected chi connectivity index (χ0v) is 18.0. The summed E-state index contributed by atoms with van der Waals surface area (Å²) in [5, 5.41) is 2.98. The van der Waals surface area contributed by atoms with Crippen molar-refractivity contribution < 1.29 is 14.4 Å². The molecule has 3 aliphatic rings. The highest BCUT2D eigenvalue weighted by atomic mass is 16.2. The van der Waals surface area contributed by atoms with Gasteiger partial charge < -0.3 is 15.1 Å². The van der Waals surface area contributed by atoms with Crippen LogP contribution in [-0.4, -0.2) is 52.7 Å². The van der Waals surface area contributed by atoms with Gasteiger partial charge in [-0.1, -0.05) is 44.2 Å². The Balaban J connectivity index is 1.48. The van der Waals surface area contributed by atoms with Gasteiger partial charge in [0, 0.05) is 38.0 Å². The van der Waals surface area contributed by atoms with Gasteiger partial charge in [0.15, 0.2) is 0 Å². The monoisotopic (exact) mass is 411 g/mol.